The van der Waals surface area contributed by atoms with Crippen LogP contribution in [0.5, 0.6) is 0 Å². The molecule has 2 aromatic rings. The van der Waals surface area contributed by atoms with Crippen LogP contribution in [0.2, 0.25) is 0 Å². The van der Waals surface area contributed by atoms with E-state index >= 15 is 0 Å². The van der Waals surface area contributed by atoms with E-state index in [2.05, 4.69) is 9.98 Å². The van der Waals surface area contributed by atoms with Crippen LogP contribution in [-0.2, 0) is 5.54 Å². The van der Waals surface area contributed by atoms with Gasteiger partial charge >= 0.3 is 0 Å². The van der Waals surface area contributed by atoms with Gasteiger partial charge in [-0.25, -0.2) is 14.4 Å². The van der Waals surface area contributed by atoms with Gasteiger partial charge in [-0.2, -0.15) is 4.39 Å². The summed E-state index contributed by atoms with van der Waals surface area (Å²) in [5.74, 6) is -1.01. The van der Waals surface area contributed by atoms with Crippen LogP contribution < -0.4 is 5.73 Å². The lowest BCUT2D eigenvalue weighted by molar-refractivity contribution is 0.545. The van der Waals surface area contributed by atoms with Crippen LogP contribution in [0.25, 0.3) is 11.1 Å². The Bertz CT molecular complexity index is 789. The molecule has 0 saturated carbocycles. The standard InChI is InChI=1S/C16H13F2N3S/c1-16(6-8-22-15(19)21-16)12-9-10(4-5-13(12)17)11-3-2-7-20-14(11)18/h2-9H,1H3,(H2,19,21)/t16-/m0/s1. The van der Waals surface area contributed by atoms with Crippen LogP contribution in [0.3, 0.4) is 0 Å². The minimum Gasteiger partial charge on any atom is -0.378 e. The maximum Gasteiger partial charge on any atom is 0.220 e. The zero-order valence-corrected chi connectivity index (χ0v) is 12.6. The summed E-state index contributed by atoms with van der Waals surface area (Å²) in [4.78, 5) is 7.95. The summed E-state index contributed by atoms with van der Waals surface area (Å²) < 4.78 is 28.1. The lowest BCUT2D eigenvalue weighted by Gasteiger charge is -2.26. The molecule has 0 bridgehead atoms. The van der Waals surface area contributed by atoms with Gasteiger partial charge in [0.05, 0.1) is 0 Å². The minimum atomic E-state index is -0.909. The van der Waals surface area contributed by atoms with Crippen molar-refractivity contribution in [1.29, 1.82) is 0 Å². The van der Waals surface area contributed by atoms with E-state index in [1.54, 1.807) is 36.6 Å². The van der Waals surface area contributed by atoms with Crippen LogP contribution in [0.15, 0.2) is 53.0 Å². The van der Waals surface area contributed by atoms with Gasteiger partial charge in [-0.15, -0.1) is 0 Å². The van der Waals surface area contributed by atoms with Crippen molar-refractivity contribution in [2.24, 2.45) is 10.7 Å². The molecule has 2 N–H and O–H groups in total. The molecule has 1 aromatic carbocycles. The number of hydrogen-bond donors (Lipinski definition) is 1. The molecule has 112 valence electrons. The van der Waals surface area contributed by atoms with Gasteiger partial charge in [0.25, 0.3) is 0 Å². The largest absolute Gasteiger partial charge is 0.378 e. The monoisotopic (exact) mass is 317 g/mol. The Morgan fingerprint density at radius 3 is 2.77 bits per heavy atom. The Morgan fingerprint density at radius 2 is 2.05 bits per heavy atom. The van der Waals surface area contributed by atoms with Crippen LogP contribution in [0.1, 0.15) is 12.5 Å². The highest BCUT2D eigenvalue weighted by Crippen LogP contribution is 2.36. The SMILES string of the molecule is C[C@@]1(c2cc(-c3cccnc3F)ccc2F)C=CSC(N)=N1. The van der Waals surface area contributed by atoms with Gasteiger partial charge in [0.15, 0.2) is 5.17 Å². The first-order valence-electron chi connectivity index (χ1n) is 6.60. The second-order valence-electron chi connectivity index (χ2n) is 5.05. The fraction of sp³-hybridized carbons (Fsp3) is 0.125. The van der Waals surface area contributed by atoms with Crippen LogP contribution in [0, 0.1) is 11.8 Å². The van der Waals surface area contributed by atoms with E-state index < -0.39 is 17.3 Å². The molecule has 0 saturated heterocycles. The smallest absolute Gasteiger partial charge is 0.220 e. The summed E-state index contributed by atoms with van der Waals surface area (Å²) in [6.45, 7) is 1.76. The first kappa shape index (κ1) is 14.7. The van der Waals surface area contributed by atoms with Crippen molar-refractivity contribution in [3.63, 3.8) is 0 Å². The molecule has 0 spiro atoms. The third-order valence-electron chi connectivity index (χ3n) is 3.51. The third-order valence-corrected chi connectivity index (χ3v) is 4.11. The molecule has 0 amide bonds. The van der Waals surface area contributed by atoms with Gasteiger partial charge < -0.3 is 5.73 Å². The predicted molar refractivity (Wildman–Crippen MR) is 85.3 cm³/mol. The van der Waals surface area contributed by atoms with E-state index in [9.17, 15) is 8.78 Å². The first-order valence-corrected chi connectivity index (χ1v) is 7.48. The minimum absolute atomic E-state index is 0.318. The molecule has 22 heavy (non-hydrogen) atoms. The lowest BCUT2D eigenvalue weighted by Crippen LogP contribution is -2.24. The highest BCUT2D eigenvalue weighted by Gasteiger charge is 2.29. The zero-order valence-electron chi connectivity index (χ0n) is 11.8. The summed E-state index contributed by atoms with van der Waals surface area (Å²) in [6.07, 6.45) is 3.15. The van der Waals surface area contributed by atoms with Crippen molar-refractivity contribution in [1.82, 2.24) is 4.98 Å². The third kappa shape index (κ3) is 2.62. The molecule has 0 radical (unpaired) electrons. The topological polar surface area (TPSA) is 51.3 Å². The summed E-state index contributed by atoms with van der Waals surface area (Å²) in [5, 5.41) is 2.14. The lowest BCUT2D eigenvalue weighted by atomic mass is 9.90. The summed E-state index contributed by atoms with van der Waals surface area (Å²) in [7, 11) is 0. The predicted octanol–water partition coefficient (Wildman–Crippen LogP) is 3.82. The molecule has 1 aliphatic rings. The van der Waals surface area contributed by atoms with Crippen molar-refractivity contribution in [3.8, 4) is 11.1 Å². The number of thioether (sulfide) groups is 1. The molecule has 1 atom stereocenters. The molecule has 0 aliphatic carbocycles. The fourth-order valence-corrected chi connectivity index (χ4v) is 3.08. The van der Waals surface area contributed by atoms with Crippen molar-refractivity contribution in [2.75, 3.05) is 0 Å². The molecule has 1 aliphatic heterocycles. The van der Waals surface area contributed by atoms with E-state index in [4.69, 9.17) is 5.73 Å². The van der Waals surface area contributed by atoms with E-state index in [1.165, 1.54) is 30.1 Å². The second kappa shape index (κ2) is 5.53. The van der Waals surface area contributed by atoms with E-state index in [1.807, 2.05) is 0 Å². The summed E-state index contributed by atoms with van der Waals surface area (Å²) >= 11 is 1.28. The molecule has 1 aromatic heterocycles. The Hall–Kier alpha value is -2.21. The van der Waals surface area contributed by atoms with Gasteiger partial charge in [0, 0.05) is 17.3 Å². The number of nitrogens with two attached hydrogens (primary N) is 1. The number of rotatable bonds is 2. The second-order valence-corrected chi connectivity index (χ2v) is 5.98. The average Bonchev–Trinajstić information content (AvgIpc) is 2.48. The number of amidine groups is 1. The van der Waals surface area contributed by atoms with Crippen molar-refractivity contribution >= 4 is 16.9 Å². The number of aliphatic imine (C=N–C) groups is 1. The maximum absolute atomic E-state index is 14.3. The van der Waals surface area contributed by atoms with E-state index in [-0.39, 0.29) is 0 Å². The Morgan fingerprint density at radius 1 is 1.23 bits per heavy atom. The zero-order chi connectivity index (χ0) is 15.7. The molecule has 3 nitrogen and oxygen atoms in total. The normalized spacial score (nSPS) is 20.8. The van der Waals surface area contributed by atoms with Crippen LogP contribution in [-0.4, -0.2) is 10.2 Å². The van der Waals surface area contributed by atoms with Crippen LogP contribution >= 0.6 is 11.8 Å². The van der Waals surface area contributed by atoms with Crippen molar-refractivity contribution in [3.05, 3.63) is 65.3 Å². The average molecular weight is 317 g/mol. The Balaban J connectivity index is 2.14. The van der Waals surface area contributed by atoms with Gasteiger partial charge in [-0.1, -0.05) is 17.8 Å². The maximum atomic E-state index is 14.3. The molecular formula is C16H13F2N3S. The molecular weight excluding hydrogens is 304 g/mol. The van der Waals surface area contributed by atoms with Gasteiger partial charge in [0.1, 0.15) is 11.4 Å². The van der Waals surface area contributed by atoms with Gasteiger partial charge in [-0.05, 0) is 48.2 Å². The first-order chi connectivity index (χ1) is 10.5. The van der Waals surface area contributed by atoms with Crippen molar-refractivity contribution < 1.29 is 8.78 Å². The Kier molecular flexibility index (Phi) is 3.70. The molecule has 2 heterocycles. The molecule has 0 fully saturated rings. The number of hydrogen-bond acceptors (Lipinski definition) is 4. The number of benzene rings is 1. The van der Waals surface area contributed by atoms with E-state index in [0.717, 1.165) is 0 Å². The highest BCUT2D eigenvalue weighted by atomic mass is 32.2. The van der Waals surface area contributed by atoms with Crippen LogP contribution in [0.4, 0.5) is 8.78 Å². The van der Waals surface area contributed by atoms with E-state index in [0.29, 0.717) is 21.9 Å². The number of halogens is 2. The van der Waals surface area contributed by atoms with Gasteiger partial charge in [-0.3, -0.25) is 0 Å². The quantitative estimate of drug-likeness (QED) is 0.857. The number of nitrogens with zero attached hydrogens (tertiary/aromatic N) is 2. The molecule has 0 unspecified atom stereocenters. The summed E-state index contributed by atoms with van der Waals surface area (Å²) in [6, 6.07) is 7.66. The number of pyridine rings is 1. The molecule has 6 heteroatoms. The fourth-order valence-electron chi connectivity index (χ4n) is 2.36. The van der Waals surface area contributed by atoms with Gasteiger partial charge in [0.2, 0.25) is 5.95 Å². The molecule has 3 rings (SSSR count). The highest BCUT2D eigenvalue weighted by molar-refractivity contribution is 8.16. The summed E-state index contributed by atoms with van der Waals surface area (Å²) in [5.41, 5.74) is 6.04. The number of aromatic nitrogens is 1. The van der Waals surface area contributed by atoms with Crippen molar-refractivity contribution in [2.45, 2.75) is 12.5 Å². The Labute approximate surface area is 131 Å².